The smallest absolute Gasteiger partial charge is 0.223 e. The molecule has 1 atom stereocenters. The molecule has 2 aliphatic heterocycles. The summed E-state index contributed by atoms with van der Waals surface area (Å²) in [5, 5.41) is 0. The SMILES string of the molecule is COc1ccc(-c2cc3c(o2)CCN2C(=O)CCCC32)cc1. The van der Waals surface area contributed by atoms with Crippen molar-refractivity contribution in [1.82, 2.24) is 4.90 Å². The van der Waals surface area contributed by atoms with Gasteiger partial charge in [0.25, 0.3) is 0 Å². The highest BCUT2D eigenvalue weighted by atomic mass is 16.5. The molecule has 1 aromatic heterocycles. The van der Waals surface area contributed by atoms with Gasteiger partial charge in [-0.25, -0.2) is 0 Å². The number of ether oxygens (including phenoxy) is 1. The first-order chi connectivity index (χ1) is 10.8. The Labute approximate surface area is 129 Å². The summed E-state index contributed by atoms with van der Waals surface area (Å²) in [5.41, 5.74) is 2.24. The van der Waals surface area contributed by atoms with Gasteiger partial charge in [0.1, 0.15) is 17.3 Å². The summed E-state index contributed by atoms with van der Waals surface area (Å²) < 4.78 is 11.3. The molecule has 1 fully saturated rings. The van der Waals surface area contributed by atoms with Crippen LogP contribution in [0.1, 0.15) is 36.6 Å². The number of nitrogens with zero attached hydrogens (tertiary/aromatic N) is 1. The zero-order valence-corrected chi connectivity index (χ0v) is 12.7. The zero-order chi connectivity index (χ0) is 15.1. The molecular weight excluding hydrogens is 278 g/mol. The molecule has 0 N–H and O–H groups in total. The lowest BCUT2D eigenvalue weighted by Crippen LogP contribution is -2.42. The van der Waals surface area contributed by atoms with Crippen LogP contribution in [0, 0.1) is 0 Å². The van der Waals surface area contributed by atoms with Crippen LogP contribution in [0.25, 0.3) is 11.3 Å². The molecule has 2 aliphatic rings. The largest absolute Gasteiger partial charge is 0.497 e. The van der Waals surface area contributed by atoms with Gasteiger partial charge in [-0.2, -0.15) is 0 Å². The summed E-state index contributed by atoms with van der Waals surface area (Å²) in [6.07, 6.45) is 3.52. The molecule has 1 unspecified atom stereocenters. The number of furan rings is 1. The van der Waals surface area contributed by atoms with E-state index in [2.05, 4.69) is 6.07 Å². The van der Waals surface area contributed by atoms with Gasteiger partial charge in [0.05, 0.1) is 13.2 Å². The van der Waals surface area contributed by atoms with Crippen molar-refractivity contribution >= 4 is 5.91 Å². The van der Waals surface area contributed by atoms with Crippen LogP contribution in [0.2, 0.25) is 0 Å². The summed E-state index contributed by atoms with van der Waals surface area (Å²) >= 11 is 0. The van der Waals surface area contributed by atoms with Crippen LogP contribution in [0.5, 0.6) is 5.75 Å². The number of methoxy groups -OCH3 is 1. The number of piperidine rings is 1. The average Bonchev–Trinajstić information content (AvgIpc) is 3.00. The van der Waals surface area contributed by atoms with Crippen LogP contribution in [-0.2, 0) is 11.2 Å². The highest BCUT2D eigenvalue weighted by Crippen LogP contribution is 2.40. The zero-order valence-electron chi connectivity index (χ0n) is 12.7. The number of fused-ring (bicyclic) bond motifs is 3. The second-order valence-corrected chi connectivity index (χ2v) is 5.96. The van der Waals surface area contributed by atoms with Crippen LogP contribution in [0.15, 0.2) is 34.7 Å². The molecule has 4 heteroatoms. The molecule has 114 valence electrons. The Morgan fingerprint density at radius 2 is 2.05 bits per heavy atom. The van der Waals surface area contributed by atoms with E-state index in [1.807, 2.05) is 29.2 Å². The van der Waals surface area contributed by atoms with Gasteiger partial charge < -0.3 is 14.1 Å². The van der Waals surface area contributed by atoms with Crippen molar-refractivity contribution in [2.45, 2.75) is 31.7 Å². The summed E-state index contributed by atoms with van der Waals surface area (Å²) in [6.45, 7) is 0.784. The van der Waals surface area contributed by atoms with Crippen LogP contribution in [0.4, 0.5) is 0 Å². The monoisotopic (exact) mass is 297 g/mol. The van der Waals surface area contributed by atoms with Crippen LogP contribution < -0.4 is 4.74 Å². The molecule has 2 aromatic rings. The molecule has 0 radical (unpaired) electrons. The third-order valence-corrected chi connectivity index (χ3v) is 4.72. The minimum atomic E-state index is 0.209. The van der Waals surface area contributed by atoms with Gasteiger partial charge >= 0.3 is 0 Å². The van der Waals surface area contributed by atoms with Gasteiger partial charge in [-0.1, -0.05) is 0 Å². The number of amides is 1. The third kappa shape index (κ3) is 2.10. The average molecular weight is 297 g/mol. The lowest BCUT2D eigenvalue weighted by Gasteiger charge is -2.38. The number of benzene rings is 1. The minimum Gasteiger partial charge on any atom is -0.497 e. The Kier molecular flexibility index (Phi) is 3.17. The van der Waals surface area contributed by atoms with E-state index < -0.39 is 0 Å². The van der Waals surface area contributed by atoms with Crippen molar-refractivity contribution in [3.05, 3.63) is 41.7 Å². The van der Waals surface area contributed by atoms with Crippen molar-refractivity contribution in [1.29, 1.82) is 0 Å². The van der Waals surface area contributed by atoms with Crippen molar-refractivity contribution in [2.24, 2.45) is 0 Å². The molecule has 0 bridgehead atoms. The predicted molar refractivity (Wildman–Crippen MR) is 82.7 cm³/mol. The summed E-state index contributed by atoms with van der Waals surface area (Å²) in [7, 11) is 1.66. The highest BCUT2D eigenvalue weighted by molar-refractivity contribution is 5.78. The Morgan fingerprint density at radius 3 is 2.82 bits per heavy atom. The quantitative estimate of drug-likeness (QED) is 0.851. The van der Waals surface area contributed by atoms with Gasteiger partial charge in [0, 0.05) is 30.5 Å². The molecule has 0 spiro atoms. The van der Waals surface area contributed by atoms with E-state index in [-0.39, 0.29) is 11.9 Å². The number of carbonyl (C=O) groups excluding carboxylic acids is 1. The minimum absolute atomic E-state index is 0.209. The Morgan fingerprint density at radius 1 is 1.23 bits per heavy atom. The van der Waals surface area contributed by atoms with Crippen molar-refractivity contribution < 1.29 is 13.9 Å². The van der Waals surface area contributed by atoms with Gasteiger partial charge in [-0.3, -0.25) is 4.79 Å². The molecule has 0 saturated carbocycles. The van der Waals surface area contributed by atoms with Crippen LogP contribution in [0.3, 0.4) is 0 Å². The Balaban J connectivity index is 1.69. The summed E-state index contributed by atoms with van der Waals surface area (Å²) in [4.78, 5) is 14.1. The maximum Gasteiger partial charge on any atom is 0.223 e. The van der Waals surface area contributed by atoms with E-state index >= 15 is 0 Å². The van der Waals surface area contributed by atoms with Gasteiger partial charge in [-0.05, 0) is 43.2 Å². The van der Waals surface area contributed by atoms with E-state index in [0.29, 0.717) is 6.42 Å². The second kappa shape index (κ2) is 5.20. The fourth-order valence-corrected chi connectivity index (χ4v) is 3.56. The Bertz CT molecular complexity index is 702. The van der Waals surface area contributed by atoms with Gasteiger partial charge in [-0.15, -0.1) is 0 Å². The maximum atomic E-state index is 12.1. The molecule has 0 aliphatic carbocycles. The first-order valence-corrected chi connectivity index (χ1v) is 7.83. The molecule has 22 heavy (non-hydrogen) atoms. The van der Waals surface area contributed by atoms with Crippen LogP contribution >= 0.6 is 0 Å². The third-order valence-electron chi connectivity index (χ3n) is 4.72. The highest BCUT2D eigenvalue weighted by Gasteiger charge is 2.35. The predicted octanol–water partition coefficient (Wildman–Crippen LogP) is 3.56. The lowest BCUT2D eigenvalue weighted by atomic mass is 9.90. The van der Waals surface area contributed by atoms with Crippen molar-refractivity contribution in [2.75, 3.05) is 13.7 Å². The van der Waals surface area contributed by atoms with E-state index in [1.165, 1.54) is 5.56 Å². The van der Waals surface area contributed by atoms with E-state index in [1.54, 1.807) is 7.11 Å². The Hall–Kier alpha value is -2.23. The van der Waals surface area contributed by atoms with Gasteiger partial charge in [0.2, 0.25) is 5.91 Å². The first kappa shape index (κ1) is 13.4. The maximum absolute atomic E-state index is 12.1. The van der Waals surface area contributed by atoms with Crippen LogP contribution in [-0.4, -0.2) is 24.5 Å². The fourth-order valence-electron chi connectivity index (χ4n) is 3.56. The molecule has 1 amide bonds. The topological polar surface area (TPSA) is 42.7 Å². The van der Waals surface area contributed by atoms with E-state index in [9.17, 15) is 4.79 Å². The van der Waals surface area contributed by atoms with E-state index in [0.717, 1.165) is 48.6 Å². The molecule has 4 rings (SSSR count). The standard InChI is InChI=1S/C18H19NO3/c1-21-13-7-5-12(6-8-13)17-11-14-15-3-2-4-18(20)19(15)10-9-16(14)22-17/h5-8,11,15H,2-4,9-10H2,1H3. The molecule has 3 heterocycles. The van der Waals surface area contributed by atoms with Crippen molar-refractivity contribution in [3.8, 4) is 17.1 Å². The lowest BCUT2D eigenvalue weighted by molar-refractivity contribution is -0.137. The summed E-state index contributed by atoms with van der Waals surface area (Å²) in [5.74, 6) is 3.05. The molecular formula is C18H19NO3. The van der Waals surface area contributed by atoms with Gasteiger partial charge in [0.15, 0.2) is 0 Å². The number of hydrogen-bond donors (Lipinski definition) is 0. The molecule has 4 nitrogen and oxygen atoms in total. The number of rotatable bonds is 2. The normalized spacial score (nSPS) is 20.5. The molecule has 1 saturated heterocycles. The van der Waals surface area contributed by atoms with E-state index in [4.69, 9.17) is 9.15 Å². The molecule has 1 aromatic carbocycles. The van der Waals surface area contributed by atoms with Crippen molar-refractivity contribution in [3.63, 3.8) is 0 Å². The fraction of sp³-hybridized carbons (Fsp3) is 0.389. The second-order valence-electron chi connectivity index (χ2n) is 5.96. The number of hydrogen-bond acceptors (Lipinski definition) is 3. The number of carbonyl (C=O) groups is 1. The first-order valence-electron chi connectivity index (χ1n) is 7.83. The summed E-state index contributed by atoms with van der Waals surface area (Å²) in [6, 6.07) is 10.2.